The fourth-order valence-electron chi connectivity index (χ4n) is 3.93. The number of carbonyl (C=O) groups is 1. The van der Waals surface area contributed by atoms with E-state index in [9.17, 15) is 4.79 Å². The van der Waals surface area contributed by atoms with Gasteiger partial charge in [0.2, 0.25) is 0 Å². The van der Waals surface area contributed by atoms with Gasteiger partial charge in [0, 0.05) is 35.6 Å². The number of carbonyl (C=O) groups excluding carboxylic acids is 1. The topological polar surface area (TPSA) is 77.4 Å². The van der Waals surface area contributed by atoms with Crippen LogP contribution in [-0.2, 0) is 11.8 Å². The van der Waals surface area contributed by atoms with Gasteiger partial charge in [0.25, 0.3) is 5.91 Å². The van der Waals surface area contributed by atoms with Crippen LogP contribution in [0.1, 0.15) is 25.7 Å². The molecule has 174 valence electrons. The molecule has 1 aromatic heterocycles. The molecule has 1 aliphatic heterocycles. The van der Waals surface area contributed by atoms with Crippen LogP contribution >= 0.6 is 11.6 Å². The highest BCUT2D eigenvalue weighted by atomic mass is 35.5. The van der Waals surface area contributed by atoms with E-state index in [2.05, 4.69) is 15.7 Å². The van der Waals surface area contributed by atoms with E-state index in [0.29, 0.717) is 29.1 Å². The normalized spacial score (nSPS) is 15.8. The minimum Gasteiger partial charge on any atom is -0.493 e. The third-order valence-corrected chi connectivity index (χ3v) is 5.93. The first-order chi connectivity index (χ1) is 16.1. The van der Waals surface area contributed by atoms with Crippen molar-refractivity contribution in [2.75, 3.05) is 25.1 Å². The van der Waals surface area contributed by atoms with Crippen molar-refractivity contribution in [2.45, 2.75) is 31.7 Å². The molecule has 0 bridgehead atoms. The molecule has 1 amide bonds. The van der Waals surface area contributed by atoms with Crippen molar-refractivity contribution in [1.82, 2.24) is 15.1 Å². The molecule has 3 aromatic rings. The Morgan fingerprint density at radius 3 is 2.76 bits per heavy atom. The maximum absolute atomic E-state index is 12.4. The van der Waals surface area contributed by atoms with E-state index in [4.69, 9.17) is 21.1 Å². The van der Waals surface area contributed by atoms with Crippen LogP contribution in [0.5, 0.6) is 11.5 Å². The number of amides is 1. The Kier molecular flexibility index (Phi) is 7.86. The maximum Gasteiger partial charge on any atom is 0.262 e. The highest BCUT2D eigenvalue weighted by Gasteiger charge is 2.15. The largest absolute Gasteiger partial charge is 0.493 e. The summed E-state index contributed by atoms with van der Waals surface area (Å²) in [4.78, 5) is 12.4. The minimum atomic E-state index is -0.252. The van der Waals surface area contributed by atoms with Crippen LogP contribution in [0.25, 0.3) is 11.3 Å². The average Bonchev–Trinajstić information content (AvgIpc) is 3.26. The molecule has 2 heterocycles. The Morgan fingerprint density at radius 2 is 2.03 bits per heavy atom. The second kappa shape index (κ2) is 11.2. The Hall–Kier alpha value is -3.03. The lowest BCUT2D eigenvalue weighted by atomic mass is 10.0. The zero-order valence-corrected chi connectivity index (χ0v) is 19.5. The van der Waals surface area contributed by atoms with Crippen LogP contribution in [0.2, 0.25) is 5.02 Å². The van der Waals surface area contributed by atoms with E-state index < -0.39 is 0 Å². The third kappa shape index (κ3) is 6.49. The molecule has 8 heteroatoms. The smallest absolute Gasteiger partial charge is 0.262 e. The van der Waals surface area contributed by atoms with Crippen molar-refractivity contribution in [1.29, 1.82) is 0 Å². The van der Waals surface area contributed by atoms with Crippen LogP contribution in [0, 0.1) is 0 Å². The van der Waals surface area contributed by atoms with E-state index in [1.807, 2.05) is 31.3 Å². The summed E-state index contributed by atoms with van der Waals surface area (Å²) in [5.41, 5.74) is 2.45. The number of ether oxygens (including phenoxy) is 2. The molecule has 1 fully saturated rings. The minimum absolute atomic E-state index is 0.102. The lowest BCUT2D eigenvalue weighted by molar-refractivity contribution is -0.118. The van der Waals surface area contributed by atoms with Crippen LogP contribution in [0.4, 0.5) is 5.69 Å². The Bertz CT molecular complexity index is 1060. The first-order valence-electron chi connectivity index (χ1n) is 11.3. The number of rotatable bonds is 9. The van der Waals surface area contributed by atoms with Gasteiger partial charge in [-0.05, 0) is 74.3 Å². The van der Waals surface area contributed by atoms with E-state index in [1.165, 1.54) is 19.3 Å². The highest BCUT2D eigenvalue weighted by molar-refractivity contribution is 6.30. The van der Waals surface area contributed by atoms with Gasteiger partial charge in [-0.15, -0.1) is 0 Å². The molecule has 7 nitrogen and oxygen atoms in total. The van der Waals surface area contributed by atoms with Crippen LogP contribution in [0.15, 0.2) is 54.7 Å². The van der Waals surface area contributed by atoms with Gasteiger partial charge in [-0.1, -0.05) is 18.0 Å². The number of hydrogen-bond acceptors (Lipinski definition) is 5. The molecule has 1 saturated heterocycles. The molecule has 2 aromatic carbocycles. The average molecular weight is 469 g/mol. The Balaban J connectivity index is 1.41. The Labute approximate surface area is 199 Å². The molecule has 0 aliphatic carbocycles. The van der Waals surface area contributed by atoms with E-state index in [-0.39, 0.29) is 12.5 Å². The summed E-state index contributed by atoms with van der Waals surface area (Å²) in [6.07, 6.45) is 6.43. The predicted molar refractivity (Wildman–Crippen MR) is 130 cm³/mol. The summed E-state index contributed by atoms with van der Waals surface area (Å²) in [6, 6.07) is 15.0. The summed E-state index contributed by atoms with van der Waals surface area (Å²) in [5.74, 6) is 1.10. The highest BCUT2D eigenvalue weighted by Crippen LogP contribution is 2.32. The number of benzene rings is 2. The molecule has 33 heavy (non-hydrogen) atoms. The molecule has 1 atom stereocenters. The van der Waals surface area contributed by atoms with E-state index >= 15 is 0 Å². The van der Waals surface area contributed by atoms with Gasteiger partial charge < -0.3 is 20.1 Å². The summed E-state index contributed by atoms with van der Waals surface area (Å²) in [5, 5.41) is 11.3. The summed E-state index contributed by atoms with van der Waals surface area (Å²) >= 11 is 5.88. The molecular formula is C25H29ClN4O3. The fourth-order valence-corrected chi connectivity index (χ4v) is 4.06. The van der Waals surface area contributed by atoms with Gasteiger partial charge in [-0.2, -0.15) is 5.10 Å². The van der Waals surface area contributed by atoms with Gasteiger partial charge in [-0.3, -0.25) is 9.48 Å². The third-order valence-electron chi connectivity index (χ3n) is 5.68. The lowest BCUT2D eigenvalue weighted by Gasteiger charge is -2.23. The first-order valence-corrected chi connectivity index (χ1v) is 11.6. The quantitative estimate of drug-likeness (QED) is 0.477. The van der Waals surface area contributed by atoms with Gasteiger partial charge in [0.1, 0.15) is 11.5 Å². The van der Waals surface area contributed by atoms with E-state index in [1.54, 1.807) is 35.1 Å². The van der Waals surface area contributed by atoms with Crippen molar-refractivity contribution in [2.24, 2.45) is 7.05 Å². The van der Waals surface area contributed by atoms with Gasteiger partial charge in [-0.25, -0.2) is 0 Å². The van der Waals surface area contributed by atoms with Crippen molar-refractivity contribution in [3.05, 3.63) is 59.8 Å². The van der Waals surface area contributed by atoms with Gasteiger partial charge in [0.15, 0.2) is 6.61 Å². The molecule has 0 spiro atoms. The van der Waals surface area contributed by atoms with Crippen LogP contribution in [0.3, 0.4) is 0 Å². The fraction of sp³-hybridized carbons (Fsp3) is 0.360. The monoisotopic (exact) mass is 468 g/mol. The molecule has 2 N–H and O–H groups in total. The Morgan fingerprint density at radius 1 is 1.18 bits per heavy atom. The molecule has 1 aliphatic rings. The second-order valence-electron chi connectivity index (χ2n) is 8.13. The zero-order valence-electron chi connectivity index (χ0n) is 18.7. The van der Waals surface area contributed by atoms with Crippen molar-refractivity contribution in [3.63, 3.8) is 0 Å². The number of nitrogens with zero attached hydrogens (tertiary/aromatic N) is 2. The standard InChI is InChI=1S/C25H29ClN4O3/c1-30-23(11-14-28-30)22-16-20(29-25(31)17-33-21-8-5-18(26)6-9-21)7-10-24(22)32-15-12-19-4-2-3-13-27-19/h5-11,14,16,19,27H,2-4,12-13,15,17H2,1H3,(H,29,31). The summed E-state index contributed by atoms with van der Waals surface area (Å²) in [6.45, 7) is 1.61. The molecule has 0 saturated carbocycles. The second-order valence-corrected chi connectivity index (χ2v) is 8.56. The SMILES string of the molecule is Cn1nccc1-c1cc(NC(=O)COc2ccc(Cl)cc2)ccc1OCCC1CCCCN1. The molecule has 0 radical (unpaired) electrons. The summed E-state index contributed by atoms with van der Waals surface area (Å²) < 4.78 is 13.5. The maximum atomic E-state index is 12.4. The number of nitrogens with one attached hydrogen (secondary N) is 2. The molecule has 4 rings (SSSR count). The number of anilines is 1. The van der Waals surface area contributed by atoms with Crippen LogP contribution < -0.4 is 20.1 Å². The lowest BCUT2D eigenvalue weighted by Crippen LogP contribution is -2.35. The number of piperidine rings is 1. The van der Waals surface area contributed by atoms with Gasteiger partial charge >= 0.3 is 0 Å². The number of aryl methyl sites for hydroxylation is 1. The predicted octanol–water partition coefficient (Wildman–Crippen LogP) is 4.67. The van der Waals surface area contributed by atoms with Crippen molar-refractivity contribution < 1.29 is 14.3 Å². The van der Waals surface area contributed by atoms with Gasteiger partial charge in [0.05, 0.1) is 12.3 Å². The zero-order chi connectivity index (χ0) is 23.0. The van der Waals surface area contributed by atoms with Crippen LogP contribution in [-0.4, -0.2) is 41.5 Å². The molecule has 1 unspecified atom stereocenters. The van der Waals surface area contributed by atoms with Crippen molar-refractivity contribution >= 4 is 23.2 Å². The van der Waals surface area contributed by atoms with Crippen molar-refractivity contribution in [3.8, 4) is 22.8 Å². The molecular weight excluding hydrogens is 440 g/mol. The van der Waals surface area contributed by atoms with E-state index in [0.717, 1.165) is 30.0 Å². The number of hydrogen-bond donors (Lipinski definition) is 2. The summed E-state index contributed by atoms with van der Waals surface area (Å²) in [7, 11) is 1.89. The number of halogens is 1. The number of aromatic nitrogens is 2. The first kappa shape index (κ1) is 23.1.